The summed E-state index contributed by atoms with van der Waals surface area (Å²) < 4.78 is 41.3. The maximum Gasteiger partial charge on any atom is 0.308 e. The van der Waals surface area contributed by atoms with Gasteiger partial charge >= 0.3 is 5.92 Å². The molecule has 160 valence electrons. The molecule has 0 aliphatic carbocycles. The lowest BCUT2D eigenvalue weighted by Gasteiger charge is -2.17. The summed E-state index contributed by atoms with van der Waals surface area (Å²) >= 11 is 0. The lowest BCUT2D eigenvalue weighted by Crippen LogP contribution is -2.23. The number of halogens is 2. The first-order valence-electron chi connectivity index (χ1n) is 9.46. The number of allylic oxidation sites excluding steroid dienone is 1. The molecule has 31 heavy (non-hydrogen) atoms. The van der Waals surface area contributed by atoms with E-state index in [1.165, 1.54) is 30.7 Å². The molecule has 0 unspecified atom stereocenters. The number of pyridine rings is 1. The Kier molecular flexibility index (Phi) is 6.92. The average molecular weight is 424 g/mol. The highest BCUT2D eigenvalue weighted by Crippen LogP contribution is 2.30. The van der Waals surface area contributed by atoms with Crippen molar-refractivity contribution in [1.82, 2.24) is 14.8 Å². The van der Waals surface area contributed by atoms with E-state index < -0.39 is 12.5 Å². The average Bonchev–Trinajstić information content (AvgIpc) is 3.28. The number of benzene rings is 1. The molecular formula is C23H22F2N4O2. The van der Waals surface area contributed by atoms with Crippen molar-refractivity contribution < 1.29 is 18.3 Å². The SMILES string of the molecule is C=C(/C(=N\C=C/C)Oc1ccc(C(F)(F)Cn2cccn2)nc1)c1ccccc1OC. The van der Waals surface area contributed by atoms with Gasteiger partial charge in [-0.25, -0.2) is 4.99 Å². The van der Waals surface area contributed by atoms with Crippen molar-refractivity contribution in [2.24, 2.45) is 4.99 Å². The molecule has 8 heteroatoms. The standard InChI is InChI=1S/C23H22F2N4O2/c1-4-12-26-22(17(2)19-8-5-6-9-20(19)30-3)31-18-10-11-21(27-15-18)23(24,25)16-29-14-7-13-28-29/h4-15H,2,16H2,1,3H3/b12-4-,26-22+. The maximum atomic E-state index is 14.5. The number of aromatic nitrogens is 3. The van der Waals surface area contributed by atoms with E-state index in [9.17, 15) is 8.78 Å². The minimum Gasteiger partial charge on any atom is -0.496 e. The number of hydrogen-bond acceptors (Lipinski definition) is 5. The molecular weight excluding hydrogens is 402 g/mol. The Hall–Kier alpha value is -3.81. The first kappa shape index (κ1) is 21.9. The third-order valence-electron chi connectivity index (χ3n) is 4.28. The molecule has 3 aromatic rings. The number of para-hydroxylation sites is 1. The van der Waals surface area contributed by atoms with Crippen molar-refractivity contribution in [1.29, 1.82) is 0 Å². The Bertz CT molecular complexity index is 1080. The fourth-order valence-corrected chi connectivity index (χ4v) is 2.76. The van der Waals surface area contributed by atoms with Gasteiger partial charge in [0.1, 0.15) is 23.7 Å². The Morgan fingerprint density at radius 1 is 1.23 bits per heavy atom. The third kappa shape index (κ3) is 5.42. The number of methoxy groups -OCH3 is 1. The summed E-state index contributed by atoms with van der Waals surface area (Å²) in [6.07, 6.45) is 7.43. The summed E-state index contributed by atoms with van der Waals surface area (Å²) in [7, 11) is 1.56. The van der Waals surface area contributed by atoms with Gasteiger partial charge in [-0.05, 0) is 31.2 Å². The molecule has 0 aliphatic rings. The van der Waals surface area contributed by atoms with E-state index in [4.69, 9.17) is 9.47 Å². The number of hydrogen-bond donors (Lipinski definition) is 0. The van der Waals surface area contributed by atoms with Crippen LogP contribution in [0.5, 0.6) is 11.5 Å². The van der Waals surface area contributed by atoms with Crippen LogP contribution in [0.2, 0.25) is 0 Å². The molecule has 0 spiro atoms. The number of ether oxygens (including phenoxy) is 2. The Morgan fingerprint density at radius 2 is 2.03 bits per heavy atom. The van der Waals surface area contributed by atoms with Crippen LogP contribution in [0.1, 0.15) is 18.2 Å². The first-order valence-corrected chi connectivity index (χ1v) is 9.46. The molecule has 6 nitrogen and oxygen atoms in total. The Labute approximate surface area is 179 Å². The minimum absolute atomic E-state index is 0.195. The van der Waals surface area contributed by atoms with E-state index in [1.807, 2.05) is 25.1 Å². The van der Waals surface area contributed by atoms with Crippen LogP contribution >= 0.6 is 0 Å². The molecule has 3 rings (SSSR count). The highest BCUT2D eigenvalue weighted by atomic mass is 19.3. The van der Waals surface area contributed by atoms with Gasteiger partial charge < -0.3 is 9.47 Å². The summed E-state index contributed by atoms with van der Waals surface area (Å²) in [6, 6.07) is 11.5. The smallest absolute Gasteiger partial charge is 0.308 e. The molecule has 2 heterocycles. The van der Waals surface area contributed by atoms with E-state index in [-0.39, 0.29) is 17.3 Å². The van der Waals surface area contributed by atoms with Crippen molar-refractivity contribution in [2.75, 3.05) is 7.11 Å². The largest absolute Gasteiger partial charge is 0.496 e. The summed E-state index contributed by atoms with van der Waals surface area (Å²) in [5.74, 6) is -2.14. The van der Waals surface area contributed by atoms with Gasteiger partial charge in [0, 0.05) is 29.7 Å². The molecule has 0 fully saturated rings. The third-order valence-corrected chi connectivity index (χ3v) is 4.28. The van der Waals surface area contributed by atoms with Crippen molar-refractivity contribution >= 4 is 11.5 Å². The highest BCUT2D eigenvalue weighted by Gasteiger charge is 2.34. The second kappa shape index (κ2) is 9.80. The Morgan fingerprint density at radius 3 is 2.68 bits per heavy atom. The van der Waals surface area contributed by atoms with Crippen molar-refractivity contribution in [2.45, 2.75) is 19.4 Å². The van der Waals surface area contributed by atoms with Gasteiger partial charge in [-0.1, -0.05) is 30.9 Å². The van der Waals surface area contributed by atoms with Crippen LogP contribution in [-0.4, -0.2) is 27.8 Å². The quantitative estimate of drug-likeness (QED) is 0.373. The molecule has 0 N–H and O–H groups in total. The fraction of sp³-hybridized carbons (Fsp3) is 0.174. The van der Waals surface area contributed by atoms with Crippen molar-refractivity contribution in [3.63, 3.8) is 0 Å². The summed E-state index contributed by atoms with van der Waals surface area (Å²) in [5, 5.41) is 3.82. The first-order chi connectivity index (χ1) is 14.9. The predicted octanol–water partition coefficient (Wildman–Crippen LogP) is 5.10. The van der Waals surface area contributed by atoms with Gasteiger partial charge in [-0.2, -0.15) is 13.9 Å². The van der Waals surface area contributed by atoms with Crippen molar-refractivity contribution in [3.8, 4) is 11.5 Å². The molecule has 0 aliphatic heterocycles. The van der Waals surface area contributed by atoms with Gasteiger partial charge in [0.15, 0.2) is 0 Å². The number of aliphatic imine (C=N–C) groups is 1. The van der Waals surface area contributed by atoms with Crippen LogP contribution in [-0.2, 0) is 12.5 Å². The molecule has 0 atom stereocenters. The van der Waals surface area contributed by atoms with Crippen LogP contribution < -0.4 is 9.47 Å². The summed E-state index contributed by atoms with van der Waals surface area (Å²) in [4.78, 5) is 8.17. The van der Waals surface area contributed by atoms with Gasteiger partial charge in [-0.3, -0.25) is 9.67 Å². The topological polar surface area (TPSA) is 61.5 Å². The molecule has 1 aromatic carbocycles. The molecule has 0 amide bonds. The van der Waals surface area contributed by atoms with E-state index in [2.05, 4.69) is 21.7 Å². The van der Waals surface area contributed by atoms with Crippen LogP contribution in [0.15, 0.2) is 84.9 Å². The zero-order valence-electron chi connectivity index (χ0n) is 17.2. The van der Waals surface area contributed by atoms with Gasteiger partial charge in [0.2, 0.25) is 5.90 Å². The fourth-order valence-electron chi connectivity index (χ4n) is 2.76. The van der Waals surface area contributed by atoms with Crippen LogP contribution in [0, 0.1) is 0 Å². The molecule has 0 saturated heterocycles. The number of rotatable bonds is 8. The van der Waals surface area contributed by atoms with Gasteiger partial charge in [0.05, 0.1) is 13.3 Å². The predicted molar refractivity (Wildman–Crippen MR) is 115 cm³/mol. The van der Waals surface area contributed by atoms with E-state index in [0.717, 1.165) is 4.68 Å². The van der Waals surface area contributed by atoms with Crippen LogP contribution in [0.25, 0.3) is 5.57 Å². The van der Waals surface area contributed by atoms with Crippen LogP contribution in [0.4, 0.5) is 8.78 Å². The summed E-state index contributed by atoms with van der Waals surface area (Å²) in [6.45, 7) is 5.27. The zero-order valence-corrected chi connectivity index (χ0v) is 17.2. The molecule has 0 bridgehead atoms. The van der Waals surface area contributed by atoms with Gasteiger partial charge in [-0.15, -0.1) is 0 Å². The van der Waals surface area contributed by atoms with E-state index >= 15 is 0 Å². The summed E-state index contributed by atoms with van der Waals surface area (Å²) in [5.41, 5.74) is 0.790. The van der Waals surface area contributed by atoms with E-state index in [1.54, 1.807) is 31.5 Å². The molecule has 2 aromatic heterocycles. The van der Waals surface area contributed by atoms with Crippen molar-refractivity contribution in [3.05, 3.63) is 91.2 Å². The second-order valence-electron chi connectivity index (χ2n) is 6.48. The normalized spacial score (nSPS) is 12.2. The number of nitrogens with zero attached hydrogens (tertiary/aromatic N) is 4. The lowest BCUT2D eigenvalue weighted by molar-refractivity contribution is -0.0296. The maximum absolute atomic E-state index is 14.5. The minimum atomic E-state index is -3.19. The molecule has 0 saturated carbocycles. The second-order valence-corrected chi connectivity index (χ2v) is 6.48. The highest BCUT2D eigenvalue weighted by molar-refractivity contribution is 6.20. The molecule has 0 radical (unpaired) electrons. The lowest BCUT2D eigenvalue weighted by atomic mass is 10.1. The van der Waals surface area contributed by atoms with Gasteiger partial charge in [0.25, 0.3) is 0 Å². The Balaban J connectivity index is 1.81. The zero-order chi connectivity index (χ0) is 22.3. The van der Waals surface area contributed by atoms with E-state index in [0.29, 0.717) is 16.9 Å². The monoisotopic (exact) mass is 424 g/mol. The van der Waals surface area contributed by atoms with Crippen LogP contribution in [0.3, 0.4) is 0 Å². The number of alkyl halides is 2.